The van der Waals surface area contributed by atoms with Gasteiger partial charge < -0.3 is 10.5 Å². The number of hydrogen-bond acceptors (Lipinski definition) is 3. The van der Waals surface area contributed by atoms with Crippen LogP contribution in [0.15, 0.2) is 30.3 Å². The van der Waals surface area contributed by atoms with Crippen LogP contribution in [-0.4, -0.2) is 13.1 Å². The smallest absolute Gasteiger partial charge is 0.330 e. The topological polar surface area (TPSA) is 52.3 Å². The van der Waals surface area contributed by atoms with Crippen LogP contribution in [0.25, 0.3) is 6.08 Å². The van der Waals surface area contributed by atoms with Crippen molar-refractivity contribution in [3.63, 3.8) is 0 Å². The average molecular weight is 214 g/mol. The Bertz CT molecular complexity index is 319. The quantitative estimate of drug-likeness (QED) is 0.464. The number of nitrogen functional groups attached to an aromatic ring is 1. The van der Waals surface area contributed by atoms with E-state index < -0.39 is 0 Å². The number of carbonyl (C=O) groups excluding carboxylic acids is 1. The van der Waals surface area contributed by atoms with Crippen LogP contribution in [0.3, 0.4) is 0 Å². The molecule has 1 aromatic carbocycles. The molecular formula is C10H12ClNO2. The third-order valence-corrected chi connectivity index (χ3v) is 1.55. The molecule has 76 valence electrons. The van der Waals surface area contributed by atoms with Crippen LogP contribution in [0, 0.1) is 0 Å². The van der Waals surface area contributed by atoms with Crippen LogP contribution in [0.5, 0.6) is 0 Å². The summed E-state index contributed by atoms with van der Waals surface area (Å²) in [5.41, 5.74) is 7.11. The zero-order valence-electron chi connectivity index (χ0n) is 7.77. The molecule has 0 fully saturated rings. The third-order valence-electron chi connectivity index (χ3n) is 1.55. The van der Waals surface area contributed by atoms with Crippen LogP contribution in [-0.2, 0) is 9.53 Å². The van der Waals surface area contributed by atoms with E-state index in [4.69, 9.17) is 5.73 Å². The molecule has 0 aromatic heterocycles. The summed E-state index contributed by atoms with van der Waals surface area (Å²) in [6.07, 6.45) is 3.04. The maximum Gasteiger partial charge on any atom is 0.330 e. The van der Waals surface area contributed by atoms with Gasteiger partial charge in [0.15, 0.2) is 0 Å². The predicted octanol–water partition coefficient (Wildman–Crippen LogP) is 1.88. The summed E-state index contributed by atoms with van der Waals surface area (Å²) in [6.45, 7) is 0. The minimum atomic E-state index is -0.364. The van der Waals surface area contributed by atoms with E-state index in [9.17, 15) is 4.79 Å². The summed E-state index contributed by atoms with van der Waals surface area (Å²) in [6, 6.07) is 7.21. The maximum absolute atomic E-state index is 10.7. The Hall–Kier alpha value is -1.48. The number of anilines is 1. The zero-order chi connectivity index (χ0) is 9.68. The van der Waals surface area contributed by atoms with Crippen molar-refractivity contribution in [1.29, 1.82) is 0 Å². The molecule has 0 spiro atoms. The van der Waals surface area contributed by atoms with Crippen molar-refractivity contribution in [2.75, 3.05) is 12.8 Å². The van der Waals surface area contributed by atoms with Gasteiger partial charge in [-0.1, -0.05) is 12.1 Å². The minimum Gasteiger partial charge on any atom is -0.466 e. The van der Waals surface area contributed by atoms with Crippen molar-refractivity contribution >= 4 is 30.1 Å². The molecule has 0 atom stereocenters. The van der Waals surface area contributed by atoms with Crippen LogP contribution < -0.4 is 5.73 Å². The number of methoxy groups -OCH3 is 1. The molecule has 0 amide bonds. The highest BCUT2D eigenvalue weighted by Crippen LogP contribution is 2.06. The lowest BCUT2D eigenvalue weighted by Gasteiger charge is -1.94. The van der Waals surface area contributed by atoms with Crippen molar-refractivity contribution < 1.29 is 9.53 Å². The van der Waals surface area contributed by atoms with Gasteiger partial charge in [-0.2, -0.15) is 0 Å². The Morgan fingerprint density at radius 1 is 1.36 bits per heavy atom. The Kier molecular flexibility index (Phi) is 5.41. The van der Waals surface area contributed by atoms with Gasteiger partial charge in [0.1, 0.15) is 0 Å². The second-order valence-corrected chi connectivity index (χ2v) is 2.52. The second kappa shape index (κ2) is 6.05. The van der Waals surface area contributed by atoms with E-state index in [0.29, 0.717) is 5.69 Å². The molecule has 1 rings (SSSR count). The normalized spacial score (nSPS) is 9.50. The maximum atomic E-state index is 10.7. The van der Waals surface area contributed by atoms with Crippen molar-refractivity contribution in [2.45, 2.75) is 0 Å². The van der Waals surface area contributed by atoms with Crippen molar-refractivity contribution in [3.8, 4) is 0 Å². The van der Waals surface area contributed by atoms with E-state index in [1.54, 1.807) is 18.2 Å². The minimum absolute atomic E-state index is 0. The summed E-state index contributed by atoms with van der Waals surface area (Å²) in [7, 11) is 1.34. The number of carbonyl (C=O) groups is 1. The lowest BCUT2D eigenvalue weighted by Crippen LogP contribution is -1.93. The van der Waals surface area contributed by atoms with E-state index >= 15 is 0 Å². The molecule has 0 aliphatic carbocycles. The van der Waals surface area contributed by atoms with E-state index in [-0.39, 0.29) is 18.4 Å². The summed E-state index contributed by atoms with van der Waals surface area (Å²) in [5.74, 6) is -0.364. The molecule has 0 saturated carbocycles. The van der Waals surface area contributed by atoms with Gasteiger partial charge in [-0.25, -0.2) is 4.79 Å². The van der Waals surface area contributed by atoms with E-state index in [1.165, 1.54) is 13.2 Å². The largest absolute Gasteiger partial charge is 0.466 e. The van der Waals surface area contributed by atoms with Gasteiger partial charge in [0.2, 0.25) is 0 Å². The number of halogens is 1. The molecule has 3 nitrogen and oxygen atoms in total. The molecule has 0 unspecified atom stereocenters. The molecular weight excluding hydrogens is 202 g/mol. The first kappa shape index (κ1) is 12.5. The van der Waals surface area contributed by atoms with E-state index in [2.05, 4.69) is 4.74 Å². The first-order valence-corrected chi connectivity index (χ1v) is 3.84. The lowest BCUT2D eigenvalue weighted by molar-refractivity contribution is -0.134. The SMILES string of the molecule is COC(=O)/C=C/c1ccc(N)cc1.Cl. The molecule has 0 bridgehead atoms. The third kappa shape index (κ3) is 3.96. The number of benzene rings is 1. The predicted molar refractivity (Wildman–Crippen MR) is 59.2 cm³/mol. The zero-order valence-corrected chi connectivity index (χ0v) is 8.58. The van der Waals surface area contributed by atoms with Gasteiger partial charge in [0.05, 0.1) is 7.11 Å². The molecule has 1 aromatic rings. The monoisotopic (exact) mass is 213 g/mol. The van der Waals surface area contributed by atoms with Gasteiger partial charge in [-0.05, 0) is 23.8 Å². The summed E-state index contributed by atoms with van der Waals surface area (Å²) < 4.78 is 4.45. The molecule has 4 heteroatoms. The van der Waals surface area contributed by atoms with Crippen LogP contribution >= 0.6 is 12.4 Å². The highest BCUT2D eigenvalue weighted by molar-refractivity contribution is 5.86. The van der Waals surface area contributed by atoms with Crippen LogP contribution in [0.1, 0.15) is 5.56 Å². The van der Waals surface area contributed by atoms with Crippen molar-refractivity contribution in [3.05, 3.63) is 35.9 Å². The summed E-state index contributed by atoms with van der Waals surface area (Å²) in [4.78, 5) is 10.7. The first-order chi connectivity index (χ1) is 6.22. The first-order valence-electron chi connectivity index (χ1n) is 3.84. The number of nitrogens with two attached hydrogens (primary N) is 1. The molecule has 0 aliphatic heterocycles. The Labute approximate surface area is 89.0 Å². The fourth-order valence-corrected chi connectivity index (χ4v) is 0.839. The molecule has 0 radical (unpaired) electrons. The number of hydrogen-bond donors (Lipinski definition) is 1. The van der Waals surface area contributed by atoms with Crippen molar-refractivity contribution in [2.24, 2.45) is 0 Å². The highest BCUT2D eigenvalue weighted by atomic mass is 35.5. The van der Waals surface area contributed by atoms with E-state index in [0.717, 1.165) is 5.56 Å². The molecule has 0 saturated heterocycles. The Morgan fingerprint density at radius 2 is 1.93 bits per heavy atom. The van der Waals surface area contributed by atoms with Gasteiger partial charge in [-0.15, -0.1) is 12.4 Å². The highest BCUT2D eigenvalue weighted by Gasteiger charge is 1.91. The van der Waals surface area contributed by atoms with Crippen LogP contribution in [0.2, 0.25) is 0 Å². The Balaban J connectivity index is 0.00000169. The molecule has 2 N–H and O–H groups in total. The van der Waals surface area contributed by atoms with E-state index in [1.807, 2.05) is 12.1 Å². The fraction of sp³-hybridized carbons (Fsp3) is 0.100. The second-order valence-electron chi connectivity index (χ2n) is 2.52. The number of ether oxygens (including phenoxy) is 1. The summed E-state index contributed by atoms with van der Waals surface area (Å²) in [5, 5.41) is 0. The summed E-state index contributed by atoms with van der Waals surface area (Å²) >= 11 is 0. The fourth-order valence-electron chi connectivity index (χ4n) is 0.839. The molecule has 14 heavy (non-hydrogen) atoms. The van der Waals surface area contributed by atoms with Crippen LogP contribution in [0.4, 0.5) is 5.69 Å². The van der Waals surface area contributed by atoms with Gasteiger partial charge in [0, 0.05) is 11.8 Å². The van der Waals surface area contributed by atoms with Gasteiger partial charge in [-0.3, -0.25) is 0 Å². The molecule has 0 aliphatic rings. The number of esters is 1. The van der Waals surface area contributed by atoms with Gasteiger partial charge in [0.25, 0.3) is 0 Å². The lowest BCUT2D eigenvalue weighted by atomic mass is 10.2. The standard InChI is InChI=1S/C10H11NO2.ClH/c1-13-10(12)7-4-8-2-5-9(11)6-3-8;/h2-7H,11H2,1H3;1H/b7-4+;. The number of rotatable bonds is 2. The molecule has 0 heterocycles. The average Bonchev–Trinajstić information content (AvgIpc) is 2.16. The van der Waals surface area contributed by atoms with Gasteiger partial charge >= 0.3 is 5.97 Å². The van der Waals surface area contributed by atoms with Crippen molar-refractivity contribution in [1.82, 2.24) is 0 Å². The Morgan fingerprint density at radius 3 is 2.43 bits per heavy atom.